The highest BCUT2D eigenvalue weighted by atomic mass is 32.1. The molecule has 0 atom stereocenters. The molecule has 1 amide bonds. The average molecular weight is 427 g/mol. The van der Waals surface area contributed by atoms with Crippen LogP contribution >= 0.6 is 22.7 Å². The van der Waals surface area contributed by atoms with Crippen LogP contribution in [-0.4, -0.2) is 16.9 Å². The molecule has 2 aromatic heterocycles. The Balaban J connectivity index is 1.47. The predicted molar refractivity (Wildman–Crippen MR) is 116 cm³/mol. The maximum atomic E-state index is 12.4. The van der Waals surface area contributed by atoms with Crippen LogP contribution in [0.4, 0.5) is 10.8 Å². The van der Waals surface area contributed by atoms with Crippen molar-refractivity contribution in [3.05, 3.63) is 62.3 Å². The number of nitrogens with zero attached hydrogens (tertiary/aromatic N) is 2. The molecule has 0 spiro atoms. The Hall–Kier alpha value is -2.51. The van der Waals surface area contributed by atoms with E-state index in [1.54, 1.807) is 4.90 Å². The van der Waals surface area contributed by atoms with E-state index in [0.29, 0.717) is 15.7 Å². The summed E-state index contributed by atoms with van der Waals surface area (Å²) in [4.78, 5) is 32.9. The SMILES string of the molecule is CCc1ccccc1N(C(C)=O)c1nc(COC(=O)c2cc3c(s2)CCC3)cs1. The zero-order valence-electron chi connectivity index (χ0n) is 16.4. The summed E-state index contributed by atoms with van der Waals surface area (Å²) in [6, 6.07) is 9.78. The Morgan fingerprint density at radius 1 is 1.24 bits per heavy atom. The summed E-state index contributed by atoms with van der Waals surface area (Å²) in [5.74, 6) is -0.407. The minimum Gasteiger partial charge on any atom is -0.455 e. The van der Waals surface area contributed by atoms with E-state index in [1.165, 1.54) is 46.5 Å². The number of hydrogen-bond donors (Lipinski definition) is 0. The largest absolute Gasteiger partial charge is 0.455 e. The Morgan fingerprint density at radius 3 is 2.83 bits per heavy atom. The fourth-order valence-electron chi connectivity index (χ4n) is 3.54. The number of thiophene rings is 1. The first-order valence-electron chi connectivity index (χ1n) is 9.68. The number of anilines is 2. The van der Waals surface area contributed by atoms with Gasteiger partial charge in [0.05, 0.1) is 11.4 Å². The van der Waals surface area contributed by atoms with E-state index in [4.69, 9.17) is 4.74 Å². The van der Waals surface area contributed by atoms with Crippen molar-refractivity contribution >= 4 is 45.4 Å². The van der Waals surface area contributed by atoms with Crippen molar-refractivity contribution in [3.63, 3.8) is 0 Å². The molecule has 0 fully saturated rings. The van der Waals surface area contributed by atoms with Gasteiger partial charge in [-0.3, -0.25) is 9.69 Å². The van der Waals surface area contributed by atoms with Gasteiger partial charge in [0.25, 0.3) is 0 Å². The fourth-order valence-corrected chi connectivity index (χ4v) is 5.55. The molecule has 7 heteroatoms. The molecular weight excluding hydrogens is 404 g/mol. The van der Waals surface area contributed by atoms with Gasteiger partial charge in [0.1, 0.15) is 11.5 Å². The molecule has 1 aliphatic rings. The fraction of sp³-hybridized carbons (Fsp3) is 0.318. The monoisotopic (exact) mass is 426 g/mol. The Labute approximate surface area is 178 Å². The number of carbonyl (C=O) groups is 2. The minimum atomic E-state index is -0.307. The van der Waals surface area contributed by atoms with E-state index in [1.807, 2.05) is 35.7 Å². The number of thiazole rings is 1. The molecule has 150 valence electrons. The second-order valence-electron chi connectivity index (χ2n) is 6.95. The molecule has 29 heavy (non-hydrogen) atoms. The smallest absolute Gasteiger partial charge is 0.348 e. The van der Waals surface area contributed by atoms with Crippen molar-refractivity contribution in [2.45, 2.75) is 46.1 Å². The van der Waals surface area contributed by atoms with E-state index in [-0.39, 0.29) is 18.5 Å². The lowest BCUT2D eigenvalue weighted by atomic mass is 10.1. The number of rotatable bonds is 6. The Bertz CT molecular complexity index is 1030. The zero-order chi connectivity index (χ0) is 20.4. The van der Waals surface area contributed by atoms with Gasteiger partial charge in [-0.15, -0.1) is 22.7 Å². The molecule has 1 aromatic carbocycles. The third-order valence-electron chi connectivity index (χ3n) is 4.96. The lowest BCUT2D eigenvalue weighted by Gasteiger charge is -2.20. The van der Waals surface area contributed by atoms with Crippen molar-refractivity contribution in [2.75, 3.05) is 4.90 Å². The molecule has 1 aliphatic carbocycles. The highest BCUT2D eigenvalue weighted by Gasteiger charge is 2.22. The van der Waals surface area contributed by atoms with Gasteiger partial charge in [0, 0.05) is 17.2 Å². The number of hydrogen-bond acceptors (Lipinski definition) is 6. The van der Waals surface area contributed by atoms with Crippen LogP contribution in [0.2, 0.25) is 0 Å². The van der Waals surface area contributed by atoms with Gasteiger partial charge < -0.3 is 4.74 Å². The topological polar surface area (TPSA) is 59.5 Å². The zero-order valence-corrected chi connectivity index (χ0v) is 18.1. The number of ether oxygens (including phenoxy) is 1. The molecule has 5 nitrogen and oxygen atoms in total. The molecule has 0 aliphatic heterocycles. The van der Waals surface area contributed by atoms with Gasteiger partial charge in [-0.2, -0.15) is 0 Å². The first-order valence-corrected chi connectivity index (χ1v) is 11.4. The van der Waals surface area contributed by atoms with E-state index in [2.05, 4.69) is 11.9 Å². The molecule has 0 radical (unpaired) electrons. The minimum absolute atomic E-state index is 0.0963. The van der Waals surface area contributed by atoms with Crippen LogP contribution < -0.4 is 4.90 Å². The quantitative estimate of drug-likeness (QED) is 0.502. The molecule has 0 saturated carbocycles. The van der Waals surface area contributed by atoms with Gasteiger partial charge >= 0.3 is 5.97 Å². The molecule has 2 heterocycles. The van der Waals surface area contributed by atoms with E-state index < -0.39 is 0 Å². The van der Waals surface area contributed by atoms with Gasteiger partial charge in [-0.25, -0.2) is 9.78 Å². The summed E-state index contributed by atoms with van der Waals surface area (Å²) in [5.41, 5.74) is 3.84. The van der Waals surface area contributed by atoms with Crippen molar-refractivity contribution in [3.8, 4) is 0 Å². The highest BCUT2D eigenvalue weighted by molar-refractivity contribution is 7.14. The van der Waals surface area contributed by atoms with Crippen LogP contribution in [0.25, 0.3) is 0 Å². The number of aryl methyl sites for hydroxylation is 3. The maximum absolute atomic E-state index is 12.4. The van der Waals surface area contributed by atoms with Gasteiger partial charge in [0.2, 0.25) is 5.91 Å². The molecule has 0 saturated heterocycles. The van der Waals surface area contributed by atoms with Gasteiger partial charge in [-0.1, -0.05) is 25.1 Å². The summed E-state index contributed by atoms with van der Waals surface area (Å²) in [5, 5.41) is 2.42. The second kappa shape index (κ2) is 8.47. The van der Waals surface area contributed by atoms with Crippen LogP contribution in [-0.2, 0) is 35.4 Å². The first-order chi connectivity index (χ1) is 14.1. The third kappa shape index (κ3) is 4.11. The highest BCUT2D eigenvalue weighted by Crippen LogP contribution is 2.33. The van der Waals surface area contributed by atoms with E-state index in [9.17, 15) is 9.59 Å². The molecule has 0 bridgehead atoms. The molecule has 0 unspecified atom stereocenters. The standard InChI is InChI=1S/C22H22N2O3S2/c1-3-15-7-4-5-9-18(15)24(14(2)25)22-23-17(13-28-22)12-27-21(26)20-11-16-8-6-10-19(16)29-20/h4-5,7,9,11,13H,3,6,8,10,12H2,1-2H3. The van der Waals surface area contributed by atoms with Gasteiger partial charge in [-0.05, 0) is 48.9 Å². The van der Waals surface area contributed by atoms with Gasteiger partial charge in [0.15, 0.2) is 5.13 Å². The van der Waals surface area contributed by atoms with Crippen molar-refractivity contribution in [1.82, 2.24) is 4.98 Å². The lowest BCUT2D eigenvalue weighted by molar-refractivity contribution is -0.115. The summed E-state index contributed by atoms with van der Waals surface area (Å²) < 4.78 is 5.47. The average Bonchev–Trinajstić information content (AvgIpc) is 3.43. The number of para-hydroxylation sites is 1. The summed E-state index contributed by atoms with van der Waals surface area (Å²) in [6.45, 7) is 3.69. The maximum Gasteiger partial charge on any atom is 0.348 e. The Morgan fingerprint density at radius 2 is 2.07 bits per heavy atom. The van der Waals surface area contributed by atoms with Crippen LogP contribution in [0.5, 0.6) is 0 Å². The van der Waals surface area contributed by atoms with Crippen molar-refractivity contribution in [2.24, 2.45) is 0 Å². The summed E-state index contributed by atoms with van der Waals surface area (Å²) >= 11 is 2.91. The van der Waals surface area contributed by atoms with Crippen molar-refractivity contribution < 1.29 is 14.3 Å². The van der Waals surface area contributed by atoms with Crippen LogP contribution in [0, 0.1) is 0 Å². The Kier molecular flexibility index (Phi) is 5.78. The third-order valence-corrected chi connectivity index (χ3v) is 7.05. The number of carbonyl (C=O) groups excluding carboxylic acids is 2. The van der Waals surface area contributed by atoms with Crippen molar-refractivity contribution in [1.29, 1.82) is 0 Å². The molecular formula is C22H22N2O3S2. The van der Waals surface area contributed by atoms with Crippen LogP contribution in [0.1, 0.15) is 51.6 Å². The van der Waals surface area contributed by atoms with E-state index in [0.717, 1.165) is 30.5 Å². The molecule has 4 rings (SSSR count). The first kappa shape index (κ1) is 19.8. The second-order valence-corrected chi connectivity index (χ2v) is 8.92. The normalized spacial score (nSPS) is 12.6. The van der Waals surface area contributed by atoms with E-state index >= 15 is 0 Å². The predicted octanol–water partition coefficient (Wildman–Crippen LogP) is 5.30. The summed E-state index contributed by atoms with van der Waals surface area (Å²) in [7, 11) is 0. The number of esters is 1. The lowest BCUT2D eigenvalue weighted by Crippen LogP contribution is -2.23. The number of amides is 1. The number of benzene rings is 1. The van der Waals surface area contributed by atoms with Crippen LogP contribution in [0.3, 0.4) is 0 Å². The number of fused-ring (bicyclic) bond motifs is 1. The molecule has 0 N–H and O–H groups in total. The molecule has 3 aromatic rings. The number of aromatic nitrogens is 1. The summed E-state index contributed by atoms with van der Waals surface area (Å²) in [6.07, 6.45) is 4.10. The van der Waals surface area contributed by atoms with Crippen LogP contribution in [0.15, 0.2) is 35.7 Å².